The number of rotatable bonds is 6. The number of benzene rings is 1. The number of nitrogens with one attached hydrogen (secondary N) is 2. The van der Waals surface area contributed by atoms with E-state index in [2.05, 4.69) is 26.9 Å². The molecule has 3 rings (SSSR count). The quantitative estimate of drug-likeness (QED) is 0.662. The van der Waals surface area contributed by atoms with Gasteiger partial charge in [-0.05, 0) is 56.7 Å². The van der Waals surface area contributed by atoms with Crippen LogP contribution in [0.25, 0.3) is 0 Å². The SMILES string of the molecule is Cc1cc(C)c(Nc2nnc(SCC(=O)NC3(C#N)CCCC3)s2)c(Cl)c1. The summed E-state index contributed by atoms with van der Waals surface area (Å²) in [7, 11) is 0. The number of nitriles is 1. The van der Waals surface area contributed by atoms with Crippen molar-refractivity contribution in [3.63, 3.8) is 0 Å². The van der Waals surface area contributed by atoms with Crippen molar-refractivity contribution in [2.24, 2.45) is 0 Å². The molecule has 0 radical (unpaired) electrons. The Kier molecular flexibility index (Phi) is 6.25. The number of carbonyl (C=O) groups is 1. The van der Waals surface area contributed by atoms with E-state index >= 15 is 0 Å². The van der Waals surface area contributed by atoms with Gasteiger partial charge in [-0.15, -0.1) is 10.2 Å². The molecule has 0 aliphatic heterocycles. The zero-order chi connectivity index (χ0) is 19.4. The lowest BCUT2D eigenvalue weighted by Gasteiger charge is -2.21. The smallest absolute Gasteiger partial charge is 0.231 e. The molecular formula is C18H20ClN5OS2. The molecule has 27 heavy (non-hydrogen) atoms. The van der Waals surface area contributed by atoms with E-state index in [1.807, 2.05) is 26.0 Å². The van der Waals surface area contributed by atoms with Crippen molar-refractivity contribution in [1.82, 2.24) is 15.5 Å². The summed E-state index contributed by atoms with van der Waals surface area (Å²) in [4.78, 5) is 12.2. The molecule has 1 aliphatic carbocycles. The van der Waals surface area contributed by atoms with Crippen molar-refractivity contribution >= 4 is 51.4 Å². The highest BCUT2D eigenvalue weighted by atomic mass is 35.5. The third-order valence-corrected chi connectivity index (χ3v) is 6.72. The van der Waals surface area contributed by atoms with E-state index in [0.29, 0.717) is 14.5 Å². The average Bonchev–Trinajstić information content (AvgIpc) is 3.26. The van der Waals surface area contributed by atoms with Gasteiger partial charge in [0.2, 0.25) is 11.0 Å². The van der Waals surface area contributed by atoms with E-state index in [1.54, 1.807) is 0 Å². The first kappa shape index (κ1) is 19.9. The molecule has 2 N–H and O–H groups in total. The summed E-state index contributed by atoms with van der Waals surface area (Å²) in [5, 5.41) is 24.9. The maximum absolute atomic E-state index is 12.2. The van der Waals surface area contributed by atoms with E-state index in [4.69, 9.17) is 11.6 Å². The number of aromatic nitrogens is 2. The Morgan fingerprint density at radius 3 is 2.78 bits per heavy atom. The lowest BCUT2D eigenvalue weighted by atomic mass is 10.0. The zero-order valence-corrected chi connectivity index (χ0v) is 17.5. The molecular weight excluding hydrogens is 402 g/mol. The van der Waals surface area contributed by atoms with Crippen molar-refractivity contribution in [1.29, 1.82) is 5.26 Å². The summed E-state index contributed by atoms with van der Waals surface area (Å²) in [6.07, 6.45) is 3.41. The zero-order valence-electron chi connectivity index (χ0n) is 15.1. The number of hydrogen-bond donors (Lipinski definition) is 2. The first-order valence-corrected chi connectivity index (χ1v) is 10.8. The maximum Gasteiger partial charge on any atom is 0.231 e. The number of anilines is 2. The van der Waals surface area contributed by atoms with E-state index in [-0.39, 0.29) is 11.7 Å². The van der Waals surface area contributed by atoms with E-state index in [9.17, 15) is 10.1 Å². The molecule has 0 saturated heterocycles. The molecule has 1 aromatic heterocycles. The fraction of sp³-hybridized carbons (Fsp3) is 0.444. The van der Waals surface area contributed by atoms with Gasteiger partial charge in [0.1, 0.15) is 5.54 Å². The minimum atomic E-state index is -0.689. The van der Waals surface area contributed by atoms with Crippen LogP contribution < -0.4 is 10.6 Å². The highest BCUT2D eigenvalue weighted by Crippen LogP contribution is 2.33. The van der Waals surface area contributed by atoms with Crippen molar-refractivity contribution in [2.45, 2.75) is 49.4 Å². The van der Waals surface area contributed by atoms with Crippen LogP contribution in [0, 0.1) is 25.2 Å². The first-order chi connectivity index (χ1) is 12.9. The minimum Gasteiger partial charge on any atom is -0.337 e. The molecule has 2 aromatic rings. The number of amides is 1. The Morgan fingerprint density at radius 1 is 1.37 bits per heavy atom. The van der Waals surface area contributed by atoms with Crippen LogP contribution in [0.3, 0.4) is 0 Å². The molecule has 9 heteroatoms. The summed E-state index contributed by atoms with van der Waals surface area (Å²) in [6.45, 7) is 3.98. The third kappa shape index (κ3) is 4.92. The van der Waals surface area contributed by atoms with Gasteiger partial charge in [0.15, 0.2) is 4.34 Å². The normalized spacial score (nSPS) is 15.3. The molecule has 1 aromatic carbocycles. The molecule has 0 spiro atoms. The van der Waals surface area contributed by atoms with E-state index < -0.39 is 5.54 Å². The molecule has 1 aliphatic rings. The monoisotopic (exact) mass is 421 g/mol. The van der Waals surface area contributed by atoms with Crippen LogP contribution in [0.1, 0.15) is 36.8 Å². The summed E-state index contributed by atoms with van der Waals surface area (Å²) < 4.78 is 0.686. The topological polar surface area (TPSA) is 90.7 Å². The van der Waals surface area contributed by atoms with E-state index in [0.717, 1.165) is 42.5 Å². The molecule has 1 fully saturated rings. The highest BCUT2D eigenvalue weighted by molar-refractivity contribution is 8.01. The second kappa shape index (κ2) is 8.46. The molecule has 6 nitrogen and oxygen atoms in total. The fourth-order valence-corrected chi connectivity index (χ4v) is 5.10. The van der Waals surface area contributed by atoms with Gasteiger partial charge in [0.05, 0.1) is 22.5 Å². The molecule has 0 bridgehead atoms. The second-order valence-electron chi connectivity index (χ2n) is 6.67. The van der Waals surface area contributed by atoms with Gasteiger partial charge in [0, 0.05) is 0 Å². The average molecular weight is 422 g/mol. The second-order valence-corrected chi connectivity index (χ2v) is 9.28. The van der Waals surface area contributed by atoms with Crippen molar-refractivity contribution in [3.8, 4) is 6.07 Å². The predicted molar refractivity (Wildman–Crippen MR) is 110 cm³/mol. The third-order valence-electron chi connectivity index (χ3n) is 4.45. The Bertz CT molecular complexity index is 863. The molecule has 142 valence electrons. The Labute approximate surface area is 171 Å². The number of halogens is 1. The lowest BCUT2D eigenvalue weighted by molar-refractivity contribution is -0.119. The minimum absolute atomic E-state index is 0.148. The Balaban J connectivity index is 1.57. The predicted octanol–water partition coefficient (Wildman–Crippen LogP) is 4.60. The van der Waals surface area contributed by atoms with Crippen LogP contribution in [-0.2, 0) is 4.79 Å². The molecule has 0 unspecified atom stereocenters. The van der Waals surface area contributed by atoms with Crippen molar-refractivity contribution in [2.75, 3.05) is 11.1 Å². The Morgan fingerprint density at radius 2 is 2.11 bits per heavy atom. The van der Waals surface area contributed by atoms with Gasteiger partial charge >= 0.3 is 0 Å². The highest BCUT2D eigenvalue weighted by Gasteiger charge is 2.35. The van der Waals surface area contributed by atoms with Crippen LogP contribution in [0.4, 0.5) is 10.8 Å². The molecule has 1 heterocycles. The number of hydrogen-bond acceptors (Lipinski definition) is 7. The molecule has 1 amide bonds. The summed E-state index contributed by atoms with van der Waals surface area (Å²) in [5.41, 5.74) is 2.25. The van der Waals surface area contributed by atoms with E-state index in [1.165, 1.54) is 23.1 Å². The van der Waals surface area contributed by atoms with Gasteiger partial charge in [0.25, 0.3) is 0 Å². The van der Waals surface area contributed by atoms with Gasteiger partial charge in [-0.3, -0.25) is 4.79 Å². The van der Waals surface area contributed by atoms with Crippen molar-refractivity contribution in [3.05, 3.63) is 28.3 Å². The van der Waals surface area contributed by atoms with Crippen molar-refractivity contribution < 1.29 is 4.79 Å². The van der Waals surface area contributed by atoms with Crippen LogP contribution in [-0.4, -0.2) is 27.4 Å². The fourth-order valence-electron chi connectivity index (χ4n) is 3.17. The molecule has 0 atom stereocenters. The van der Waals surface area contributed by atoms with Crippen LogP contribution in [0.15, 0.2) is 16.5 Å². The number of thioether (sulfide) groups is 1. The summed E-state index contributed by atoms with van der Waals surface area (Å²) in [6, 6.07) is 6.20. The standard InChI is InChI=1S/C18H20ClN5OS2/c1-11-7-12(2)15(13(19)8-11)21-16-23-24-17(27-16)26-9-14(25)22-18(10-20)5-3-4-6-18/h7-8H,3-6,9H2,1-2H3,(H,21,23)(H,22,25). The number of carbonyl (C=O) groups excluding carboxylic acids is 1. The number of aryl methyl sites for hydroxylation is 2. The van der Waals surface area contributed by atoms with Crippen LogP contribution in [0.2, 0.25) is 5.02 Å². The summed E-state index contributed by atoms with van der Waals surface area (Å²) in [5.74, 6) is 0.0631. The first-order valence-electron chi connectivity index (χ1n) is 8.63. The van der Waals surface area contributed by atoms with Gasteiger partial charge in [-0.1, -0.05) is 40.8 Å². The largest absolute Gasteiger partial charge is 0.337 e. The summed E-state index contributed by atoms with van der Waals surface area (Å²) >= 11 is 8.99. The van der Waals surface area contributed by atoms with Crippen LogP contribution >= 0.6 is 34.7 Å². The van der Waals surface area contributed by atoms with Crippen LogP contribution in [0.5, 0.6) is 0 Å². The molecule has 1 saturated carbocycles. The van der Waals surface area contributed by atoms with Gasteiger partial charge in [-0.2, -0.15) is 5.26 Å². The van der Waals surface area contributed by atoms with Gasteiger partial charge in [-0.25, -0.2) is 0 Å². The lowest BCUT2D eigenvalue weighted by Crippen LogP contribution is -2.45. The Hall–Kier alpha value is -1.82. The number of nitrogens with zero attached hydrogens (tertiary/aromatic N) is 3. The van der Waals surface area contributed by atoms with Gasteiger partial charge < -0.3 is 10.6 Å². The maximum atomic E-state index is 12.2.